The third kappa shape index (κ3) is 2.60. The molecule has 3 amide bonds. The van der Waals surface area contributed by atoms with Crippen molar-refractivity contribution in [3.63, 3.8) is 0 Å². The lowest BCUT2D eigenvalue weighted by Gasteiger charge is -2.38. The maximum absolute atomic E-state index is 12.5. The summed E-state index contributed by atoms with van der Waals surface area (Å²) >= 11 is 4.87. The third-order valence-corrected chi connectivity index (χ3v) is 3.47. The van der Waals surface area contributed by atoms with Gasteiger partial charge in [0.1, 0.15) is 5.41 Å². The van der Waals surface area contributed by atoms with Crippen LogP contribution in [0, 0.1) is 5.41 Å². The van der Waals surface area contributed by atoms with Crippen LogP contribution in [0.15, 0.2) is 0 Å². The topological polar surface area (TPSA) is 75.7 Å². The maximum atomic E-state index is 12.5. The molecule has 0 aromatic rings. The quantitative estimate of drug-likeness (QED) is 0.627. The molecule has 0 aromatic carbocycles. The van der Waals surface area contributed by atoms with Gasteiger partial charge in [-0.3, -0.25) is 9.59 Å². The summed E-state index contributed by atoms with van der Waals surface area (Å²) in [6, 6.07) is 0. The first-order valence-corrected chi connectivity index (χ1v) is 6.63. The molecular formula is C12H18N2O4S. The van der Waals surface area contributed by atoms with Crippen LogP contribution in [0.25, 0.3) is 0 Å². The first kappa shape index (κ1) is 15.6. The number of imide groups is 1. The average Bonchev–Trinajstić information content (AvgIpc) is 2.36. The lowest BCUT2D eigenvalue weighted by molar-refractivity contribution is -0.150. The van der Waals surface area contributed by atoms with Crippen LogP contribution in [-0.2, 0) is 14.3 Å². The van der Waals surface area contributed by atoms with Crippen LogP contribution < -0.4 is 5.32 Å². The molecule has 6 nitrogen and oxygen atoms in total. The van der Waals surface area contributed by atoms with Crippen LogP contribution in [0.4, 0.5) is 4.79 Å². The average molecular weight is 286 g/mol. The number of rotatable bonds is 4. The van der Waals surface area contributed by atoms with Crippen LogP contribution in [0.1, 0.15) is 39.5 Å². The second-order valence-corrected chi connectivity index (χ2v) is 4.84. The predicted molar refractivity (Wildman–Crippen MR) is 72.2 cm³/mol. The molecule has 0 atom stereocenters. The Labute approximate surface area is 117 Å². The third-order valence-electron chi connectivity index (χ3n) is 3.18. The van der Waals surface area contributed by atoms with E-state index >= 15 is 0 Å². The van der Waals surface area contributed by atoms with Gasteiger partial charge in [0.25, 0.3) is 5.91 Å². The molecule has 0 aliphatic carbocycles. The molecule has 106 valence electrons. The molecule has 0 radical (unpaired) electrons. The zero-order valence-electron chi connectivity index (χ0n) is 11.3. The zero-order valence-corrected chi connectivity index (χ0v) is 12.1. The van der Waals surface area contributed by atoms with Crippen LogP contribution in [0.5, 0.6) is 0 Å². The molecule has 0 spiro atoms. The molecule has 1 heterocycles. The molecule has 1 aliphatic heterocycles. The molecule has 0 aromatic heterocycles. The maximum Gasteiger partial charge on any atom is 0.422 e. The summed E-state index contributed by atoms with van der Waals surface area (Å²) in [5.41, 5.74) is -1.22. The Hall–Kier alpha value is -1.50. The summed E-state index contributed by atoms with van der Waals surface area (Å²) in [4.78, 5) is 37.1. The summed E-state index contributed by atoms with van der Waals surface area (Å²) in [6.45, 7) is 3.76. The van der Waals surface area contributed by atoms with E-state index in [1.807, 2.05) is 13.8 Å². The van der Waals surface area contributed by atoms with Gasteiger partial charge in [0.2, 0.25) is 5.91 Å². The van der Waals surface area contributed by atoms with Crippen molar-refractivity contribution in [1.29, 1.82) is 0 Å². The van der Waals surface area contributed by atoms with Crippen LogP contribution in [0.2, 0.25) is 0 Å². The van der Waals surface area contributed by atoms with E-state index in [1.54, 1.807) is 0 Å². The van der Waals surface area contributed by atoms with E-state index in [-0.39, 0.29) is 5.11 Å². The van der Waals surface area contributed by atoms with E-state index in [0.29, 0.717) is 25.7 Å². The Morgan fingerprint density at radius 1 is 1.32 bits per heavy atom. The Morgan fingerprint density at radius 3 is 2.26 bits per heavy atom. The van der Waals surface area contributed by atoms with Crippen molar-refractivity contribution in [2.75, 3.05) is 7.11 Å². The first-order chi connectivity index (χ1) is 8.94. The largest absolute Gasteiger partial charge is 0.452 e. The molecule has 1 aliphatic rings. The fourth-order valence-electron chi connectivity index (χ4n) is 2.35. The Morgan fingerprint density at radius 2 is 1.84 bits per heavy atom. The normalized spacial score (nSPS) is 18.3. The highest BCUT2D eigenvalue weighted by Crippen LogP contribution is 2.35. The molecule has 0 saturated carbocycles. The number of carbonyl (C=O) groups excluding carboxylic acids is 3. The highest BCUT2D eigenvalue weighted by molar-refractivity contribution is 7.80. The number of hydrogen-bond donors (Lipinski definition) is 1. The number of amides is 3. The summed E-state index contributed by atoms with van der Waals surface area (Å²) in [5.74, 6) is -1.01. The second kappa shape index (κ2) is 6.10. The fourth-order valence-corrected chi connectivity index (χ4v) is 2.60. The smallest absolute Gasteiger partial charge is 0.422 e. The molecule has 0 bridgehead atoms. The zero-order chi connectivity index (χ0) is 14.6. The second-order valence-electron chi connectivity index (χ2n) is 4.45. The van der Waals surface area contributed by atoms with Crippen LogP contribution in [0.3, 0.4) is 0 Å². The van der Waals surface area contributed by atoms with Crippen molar-refractivity contribution in [2.24, 2.45) is 5.41 Å². The monoisotopic (exact) mass is 286 g/mol. The number of ether oxygens (including phenoxy) is 1. The van der Waals surface area contributed by atoms with Gasteiger partial charge in [0.05, 0.1) is 7.11 Å². The number of thiocarbonyl (C=S) groups is 1. The van der Waals surface area contributed by atoms with Gasteiger partial charge in [-0.15, -0.1) is 0 Å². The van der Waals surface area contributed by atoms with Gasteiger partial charge in [0, 0.05) is 0 Å². The molecule has 7 heteroatoms. The van der Waals surface area contributed by atoms with Crippen LogP contribution >= 0.6 is 12.2 Å². The number of hydrogen-bond acceptors (Lipinski definition) is 5. The van der Waals surface area contributed by atoms with E-state index in [4.69, 9.17) is 12.2 Å². The summed E-state index contributed by atoms with van der Waals surface area (Å²) < 4.78 is 4.54. The molecular weight excluding hydrogens is 268 g/mol. The lowest BCUT2D eigenvalue weighted by Crippen LogP contribution is -2.65. The van der Waals surface area contributed by atoms with E-state index in [2.05, 4.69) is 10.1 Å². The minimum atomic E-state index is -1.22. The number of nitrogens with one attached hydrogen (secondary N) is 1. The standard InChI is InChI=1S/C12H18N2O4S/c1-4-6-12(7-5-2)8(15)13-10(19)14(9(12)16)11(17)18-3/h4-7H2,1-3H3,(H,13,15,19). The first-order valence-electron chi connectivity index (χ1n) is 6.22. The molecule has 1 rings (SSSR count). The molecule has 0 unspecified atom stereocenters. The highest BCUT2D eigenvalue weighted by Gasteiger charge is 2.53. The van der Waals surface area contributed by atoms with Crippen molar-refractivity contribution in [3.8, 4) is 0 Å². The van der Waals surface area contributed by atoms with E-state index in [0.717, 1.165) is 12.0 Å². The van der Waals surface area contributed by atoms with Crippen molar-refractivity contribution in [2.45, 2.75) is 39.5 Å². The van der Waals surface area contributed by atoms with Crippen molar-refractivity contribution in [1.82, 2.24) is 10.2 Å². The molecule has 19 heavy (non-hydrogen) atoms. The van der Waals surface area contributed by atoms with Gasteiger partial charge in [-0.25, -0.2) is 4.79 Å². The summed E-state index contributed by atoms with van der Waals surface area (Å²) in [6.07, 6.45) is 1.19. The number of carbonyl (C=O) groups is 3. The van der Waals surface area contributed by atoms with Gasteiger partial charge in [-0.05, 0) is 25.1 Å². The van der Waals surface area contributed by atoms with Crippen molar-refractivity contribution < 1.29 is 19.1 Å². The Balaban J connectivity index is 3.21. The number of methoxy groups -OCH3 is 1. The summed E-state index contributed by atoms with van der Waals surface area (Å²) in [5, 5.41) is 2.21. The number of nitrogens with zero attached hydrogens (tertiary/aromatic N) is 1. The van der Waals surface area contributed by atoms with Crippen LogP contribution in [-0.4, -0.2) is 35.0 Å². The Kier molecular flexibility index (Phi) is 4.99. The SMILES string of the molecule is CCCC1(CCC)C(=O)NC(=S)N(C(=O)OC)C1=O. The van der Waals surface area contributed by atoms with E-state index < -0.39 is 23.3 Å². The van der Waals surface area contributed by atoms with Gasteiger partial charge < -0.3 is 10.1 Å². The van der Waals surface area contributed by atoms with Gasteiger partial charge in [-0.1, -0.05) is 26.7 Å². The Bertz CT molecular complexity index is 416. The van der Waals surface area contributed by atoms with Crippen molar-refractivity contribution >= 4 is 35.2 Å². The van der Waals surface area contributed by atoms with E-state index in [9.17, 15) is 14.4 Å². The van der Waals surface area contributed by atoms with Gasteiger partial charge >= 0.3 is 6.09 Å². The van der Waals surface area contributed by atoms with E-state index in [1.165, 1.54) is 0 Å². The van der Waals surface area contributed by atoms with Gasteiger partial charge in [0.15, 0.2) is 5.11 Å². The molecule has 1 N–H and O–H groups in total. The minimum Gasteiger partial charge on any atom is -0.452 e. The minimum absolute atomic E-state index is 0.218. The predicted octanol–water partition coefficient (Wildman–Crippen LogP) is 1.58. The molecule has 1 fully saturated rings. The van der Waals surface area contributed by atoms with Crippen molar-refractivity contribution in [3.05, 3.63) is 0 Å². The lowest BCUT2D eigenvalue weighted by atomic mass is 9.76. The highest BCUT2D eigenvalue weighted by atomic mass is 32.1. The summed E-state index contributed by atoms with van der Waals surface area (Å²) in [7, 11) is 1.16. The van der Waals surface area contributed by atoms with Gasteiger partial charge in [-0.2, -0.15) is 4.90 Å². The fraction of sp³-hybridized carbons (Fsp3) is 0.667. The molecule has 1 saturated heterocycles.